The number of anilines is 6. The van der Waals surface area contributed by atoms with Crippen molar-refractivity contribution in [2.24, 2.45) is 0 Å². The highest BCUT2D eigenvalue weighted by atomic mass is 15.1. The third kappa shape index (κ3) is 8.39. The van der Waals surface area contributed by atoms with Crippen molar-refractivity contribution in [3.8, 4) is 55.6 Å². The molecule has 0 saturated heterocycles. The first kappa shape index (κ1) is 45.1. The Kier molecular flexibility index (Phi) is 11.8. The van der Waals surface area contributed by atoms with Gasteiger partial charge >= 0.3 is 0 Å². The van der Waals surface area contributed by atoms with E-state index in [1.165, 1.54) is 66.8 Å². The summed E-state index contributed by atoms with van der Waals surface area (Å²) in [6.07, 6.45) is 0. The Labute approximate surface area is 440 Å². The molecule has 0 bridgehead atoms. The van der Waals surface area contributed by atoms with Crippen LogP contribution in [0.25, 0.3) is 55.6 Å². The smallest absolute Gasteiger partial charge is 0.0715 e. The molecule has 12 aromatic carbocycles. The lowest BCUT2D eigenvalue weighted by Crippen LogP contribution is -2.29. The van der Waals surface area contributed by atoms with Gasteiger partial charge in [0, 0.05) is 34.1 Å². The fourth-order valence-corrected chi connectivity index (χ4v) is 11.4. The summed E-state index contributed by atoms with van der Waals surface area (Å²) in [5.74, 6) is 0. The zero-order chi connectivity index (χ0) is 50.0. The van der Waals surface area contributed by atoms with E-state index >= 15 is 0 Å². The third-order valence-corrected chi connectivity index (χ3v) is 14.9. The van der Waals surface area contributed by atoms with Crippen LogP contribution in [-0.4, -0.2) is 0 Å². The zero-order valence-corrected chi connectivity index (χ0v) is 41.4. The number of benzene rings is 12. The SMILES string of the molecule is c1ccc(-c2ccc(N(c3cccc(-c4ccccc4)c3)c3ccc4c(c3)C(c3ccccc3)(c3ccccc3)c3cc(N(c5ccc(-c6ccccc6)cc5)c5cccc(-c6ccccc6)c5)ccc3-4)cc2)cc1. The van der Waals surface area contributed by atoms with Crippen LogP contribution >= 0.6 is 0 Å². The summed E-state index contributed by atoms with van der Waals surface area (Å²) < 4.78 is 0. The van der Waals surface area contributed by atoms with Crippen LogP contribution in [0.5, 0.6) is 0 Å². The number of hydrogen-bond acceptors (Lipinski definition) is 2. The van der Waals surface area contributed by atoms with Gasteiger partial charge in [-0.2, -0.15) is 0 Å². The normalized spacial score (nSPS) is 12.1. The molecule has 0 aliphatic heterocycles. The van der Waals surface area contributed by atoms with Crippen LogP contribution in [0.2, 0.25) is 0 Å². The highest BCUT2D eigenvalue weighted by molar-refractivity contribution is 5.93. The van der Waals surface area contributed by atoms with Gasteiger partial charge in [-0.15, -0.1) is 0 Å². The van der Waals surface area contributed by atoms with Gasteiger partial charge in [-0.1, -0.05) is 243 Å². The summed E-state index contributed by atoms with van der Waals surface area (Å²) >= 11 is 0. The first-order valence-corrected chi connectivity index (χ1v) is 25.8. The maximum atomic E-state index is 2.47. The molecule has 75 heavy (non-hydrogen) atoms. The van der Waals surface area contributed by atoms with Crippen molar-refractivity contribution in [3.05, 3.63) is 338 Å². The van der Waals surface area contributed by atoms with Crippen molar-refractivity contribution >= 4 is 34.1 Å². The Morgan fingerprint density at radius 1 is 0.187 bits per heavy atom. The quantitative estimate of drug-likeness (QED) is 0.120. The molecular weight excluding hydrogens is 905 g/mol. The highest BCUT2D eigenvalue weighted by Crippen LogP contribution is 2.58. The van der Waals surface area contributed by atoms with Gasteiger partial charge in [-0.25, -0.2) is 0 Å². The Morgan fingerprint density at radius 2 is 0.453 bits per heavy atom. The Hall–Kier alpha value is -9.76. The molecule has 0 amide bonds. The van der Waals surface area contributed by atoms with Gasteiger partial charge in [0.05, 0.1) is 5.41 Å². The van der Waals surface area contributed by atoms with Crippen molar-refractivity contribution in [3.63, 3.8) is 0 Å². The summed E-state index contributed by atoms with van der Waals surface area (Å²) in [4.78, 5) is 4.86. The van der Waals surface area contributed by atoms with Crippen LogP contribution in [0.4, 0.5) is 34.1 Å². The van der Waals surface area contributed by atoms with Gasteiger partial charge in [-0.05, 0) is 151 Å². The summed E-state index contributed by atoms with van der Waals surface area (Å²) in [6.45, 7) is 0. The molecular formula is C73H52N2. The molecule has 2 nitrogen and oxygen atoms in total. The maximum Gasteiger partial charge on any atom is 0.0715 e. The summed E-state index contributed by atoms with van der Waals surface area (Å²) in [5, 5.41) is 0. The summed E-state index contributed by atoms with van der Waals surface area (Å²) in [5.41, 5.74) is 22.5. The van der Waals surface area contributed by atoms with Gasteiger partial charge in [0.1, 0.15) is 0 Å². The largest absolute Gasteiger partial charge is 0.310 e. The molecule has 0 radical (unpaired) electrons. The number of nitrogens with zero attached hydrogens (tertiary/aromatic N) is 2. The topological polar surface area (TPSA) is 6.48 Å². The lowest BCUT2D eigenvalue weighted by atomic mass is 9.67. The Morgan fingerprint density at radius 3 is 0.800 bits per heavy atom. The first-order chi connectivity index (χ1) is 37.2. The monoisotopic (exact) mass is 956 g/mol. The number of hydrogen-bond donors (Lipinski definition) is 0. The fourth-order valence-electron chi connectivity index (χ4n) is 11.4. The average molecular weight is 957 g/mol. The van der Waals surface area contributed by atoms with E-state index in [2.05, 4.69) is 325 Å². The van der Waals surface area contributed by atoms with Crippen molar-refractivity contribution < 1.29 is 0 Å². The van der Waals surface area contributed by atoms with E-state index in [0.29, 0.717) is 0 Å². The van der Waals surface area contributed by atoms with Crippen LogP contribution in [0.15, 0.2) is 315 Å². The van der Waals surface area contributed by atoms with Gasteiger partial charge in [-0.3, -0.25) is 0 Å². The standard InChI is InChI=1S/C73H52N2/c1-7-21-53(22-8-1)57-37-41-63(42-38-57)74(65-35-19-29-59(49-65)55-25-11-3-12-26-55)67-45-47-69-70-48-46-68(52-72(70)73(71(69)51-67,61-31-15-5-16-32-61)62-33-17-6-18-34-62)75(64-43-39-58(40-44-64)54-23-9-2-10-24-54)66-36-20-30-60(50-66)56-27-13-4-14-28-56/h1-52H. The van der Waals surface area contributed by atoms with Crippen molar-refractivity contribution in [2.75, 3.05) is 9.80 Å². The van der Waals surface area contributed by atoms with E-state index in [1.54, 1.807) is 0 Å². The molecule has 1 aliphatic rings. The molecule has 0 saturated carbocycles. The van der Waals surface area contributed by atoms with Gasteiger partial charge < -0.3 is 9.80 Å². The summed E-state index contributed by atoms with van der Waals surface area (Å²) in [6, 6.07) is 115. The molecule has 13 rings (SSSR count). The molecule has 0 N–H and O–H groups in total. The molecule has 1 aliphatic carbocycles. The third-order valence-electron chi connectivity index (χ3n) is 14.9. The summed E-state index contributed by atoms with van der Waals surface area (Å²) in [7, 11) is 0. The van der Waals surface area contributed by atoms with Crippen molar-refractivity contribution in [2.45, 2.75) is 5.41 Å². The maximum absolute atomic E-state index is 2.47. The molecule has 0 fully saturated rings. The van der Waals surface area contributed by atoms with Crippen LogP contribution in [-0.2, 0) is 5.41 Å². The van der Waals surface area contributed by atoms with Crippen LogP contribution in [0.1, 0.15) is 22.3 Å². The minimum atomic E-state index is -0.692. The predicted octanol–water partition coefficient (Wildman–Crippen LogP) is 19.7. The van der Waals surface area contributed by atoms with Gasteiger partial charge in [0.25, 0.3) is 0 Å². The van der Waals surface area contributed by atoms with Crippen LogP contribution < -0.4 is 9.80 Å². The molecule has 2 heteroatoms. The van der Waals surface area contributed by atoms with E-state index in [4.69, 9.17) is 0 Å². The molecule has 0 atom stereocenters. The number of rotatable bonds is 12. The second-order valence-corrected chi connectivity index (χ2v) is 19.3. The van der Waals surface area contributed by atoms with Crippen molar-refractivity contribution in [1.29, 1.82) is 0 Å². The Bertz CT molecular complexity index is 3630. The molecule has 0 spiro atoms. The molecule has 0 aromatic heterocycles. The molecule has 354 valence electrons. The van der Waals surface area contributed by atoms with E-state index in [1.807, 2.05) is 0 Å². The van der Waals surface area contributed by atoms with E-state index in [9.17, 15) is 0 Å². The lowest BCUT2D eigenvalue weighted by Gasteiger charge is -2.35. The van der Waals surface area contributed by atoms with E-state index < -0.39 is 5.41 Å². The lowest BCUT2D eigenvalue weighted by molar-refractivity contribution is 0.768. The van der Waals surface area contributed by atoms with Crippen LogP contribution in [0.3, 0.4) is 0 Å². The van der Waals surface area contributed by atoms with E-state index in [-0.39, 0.29) is 0 Å². The minimum absolute atomic E-state index is 0.692. The predicted molar refractivity (Wildman–Crippen MR) is 315 cm³/mol. The van der Waals surface area contributed by atoms with Gasteiger partial charge in [0.2, 0.25) is 0 Å². The van der Waals surface area contributed by atoms with Gasteiger partial charge in [0.15, 0.2) is 0 Å². The second kappa shape index (κ2) is 19.7. The van der Waals surface area contributed by atoms with Crippen molar-refractivity contribution in [1.82, 2.24) is 0 Å². The first-order valence-electron chi connectivity index (χ1n) is 25.8. The fraction of sp³-hybridized carbons (Fsp3) is 0.0137. The molecule has 0 unspecified atom stereocenters. The highest BCUT2D eigenvalue weighted by Gasteiger charge is 2.47. The zero-order valence-electron chi connectivity index (χ0n) is 41.4. The van der Waals surface area contributed by atoms with E-state index in [0.717, 1.165) is 45.3 Å². The Balaban J connectivity index is 1.02. The average Bonchev–Trinajstić information content (AvgIpc) is 3.87. The van der Waals surface area contributed by atoms with Crippen LogP contribution in [0, 0.1) is 0 Å². The molecule has 12 aromatic rings. The number of fused-ring (bicyclic) bond motifs is 3. The second-order valence-electron chi connectivity index (χ2n) is 19.3. The molecule has 0 heterocycles. The minimum Gasteiger partial charge on any atom is -0.310 e.